The van der Waals surface area contributed by atoms with E-state index in [9.17, 15) is 15.0 Å². The molecule has 0 rings (SSSR count). The van der Waals surface area contributed by atoms with Gasteiger partial charge < -0.3 is 15.5 Å². The summed E-state index contributed by atoms with van der Waals surface area (Å²) in [6, 6.07) is -0.634. The second-order valence-corrected chi connectivity index (χ2v) is 17.2. The predicted molar refractivity (Wildman–Crippen MR) is 244 cm³/mol. The van der Waals surface area contributed by atoms with Crippen molar-refractivity contribution in [2.24, 2.45) is 0 Å². The summed E-state index contributed by atoms with van der Waals surface area (Å²) in [4.78, 5) is 12.3. The van der Waals surface area contributed by atoms with Crippen LogP contribution in [0, 0.1) is 0 Å². The molecule has 55 heavy (non-hydrogen) atoms. The van der Waals surface area contributed by atoms with E-state index in [0.29, 0.717) is 6.42 Å². The van der Waals surface area contributed by atoms with Crippen molar-refractivity contribution >= 4 is 5.91 Å². The zero-order valence-electron chi connectivity index (χ0n) is 37.5. The molecule has 0 bridgehead atoms. The van der Waals surface area contributed by atoms with Gasteiger partial charge >= 0.3 is 0 Å². The molecule has 0 aliphatic rings. The van der Waals surface area contributed by atoms with Crippen LogP contribution in [0.3, 0.4) is 0 Å². The van der Waals surface area contributed by atoms with Crippen molar-refractivity contribution in [3.63, 3.8) is 0 Å². The summed E-state index contributed by atoms with van der Waals surface area (Å²) in [6.45, 7) is 4.31. The van der Waals surface area contributed by atoms with E-state index < -0.39 is 12.1 Å². The maximum absolute atomic E-state index is 12.3. The monoisotopic (exact) mass is 774 g/mol. The summed E-state index contributed by atoms with van der Waals surface area (Å²) in [5.41, 5.74) is 0. The van der Waals surface area contributed by atoms with Crippen LogP contribution in [0.25, 0.3) is 0 Å². The molecule has 2 unspecified atom stereocenters. The Hall–Kier alpha value is -1.13. The van der Waals surface area contributed by atoms with Gasteiger partial charge in [0.05, 0.1) is 18.8 Å². The van der Waals surface area contributed by atoms with Crippen molar-refractivity contribution in [2.45, 2.75) is 289 Å². The van der Waals surface area contributed by atoms with Gasteiger partial charge in [0.2, 0.25) is 5.91 Å². The molecule has 0 saturated heterocycles. The molecule has 0 aromatic carbocycles. The fraction of sp³-hybridized carbons (Fsp3) is 0.902. The van der Waals surface area contributed by atoms with E-state index in [1.54, 1.807) is 6.08 Å². The molecule has 0 radical (unpaired) electrons. The maximum atomic E-state index is 12.3. The van der Waals surface area contributed by atoms with Crippen molar-refractivity contribution in [3.8, 4) is 0 Å². The number of hydrogen-bond acceptors (Lipinski definition) is 3. The molecule has 0 spiro atoms. The van der Waals surface area contributed by atoms with E-state index in [1.807, 2.05) is 6.08 Å². The highest BCUT2D eigenvalue weighted by atomic mass is 16.3. The first-order valence-electron chi connectivity index (χ1n) is 25.1. The maximum Gasteiger partial charge on any atom is 0.220 e. The van der Waals surface area contributed by atoms with Crippen LogP contribution in [0.2, 0.25) is 0 Å². The van der Waals surface area contributed by atoms with E-state index in [0.717, 1.165) is 32.1 Å². The summed E-state index contributed by atoms with van der Waals surface area (Å²) in [7, 11) is 0. The molecule has 0 fully saturated rings. The van der Waals surface area contributed by atoms with Crippen molar-refractivity contribution in [2.75, 3.05) is 6.61 Å². The van der Waals surface area contributed by atoms with Crippen LogP contribution in [0.5, 0.6) is 0 Å². The second kappa shape index (κ2) is 47.2. The first-order valence-corrected chi connectivity index (χ1v) is 25.1. The quantitative estimate of drug-likeness (QED) is 0.0426. The lowest BCUT2D eigenvalue weighted by Gasteiger charge is -2.19. The lowest BCUT2D eigenvalue weighted by atomic mass is 10.0. The van der Waals surface area contributed by atoms with Crippen LogP contribution in [0.1, 0.15) is 277 Å². The van der Waals surface area contributed by atoms with E-state index in [2.05, 4.69) is 31.3 Å². The highest BCUT2D eigenvalue weighted by Crippen LogP contribution is 2.17. The summed E-state index contributed by atoms with van der Waals surface area (Å²) in [5.74, 6) is -0.0718. The number of aliphatic hydroxyl groups excluding tert-OH is 2. The molecule has 0 aromatic rings. The Kier molecular flexibility index (Phi) is 46.3. The van der Waals surface area contributed by atoms with Gasteiger partial charge in [0, 0.05) is 6.42 Å². The van der Waals surface area contributed by atoms with E-state index in [4.69, 9.17) is 0 Å². The molecule has 4 heteroatoms. The van der Waals surface area contributed by atoms with Crippen LogP contribution in [-0.2, 0) is 4.79 Å². The van der Waals surface area contributed by atoms with Crippen molar-refractivity contribution in [1.29, 1.82) is 0 Å². The fourth-order valence-corrected chi connectivity index (χ4v) is 7.84. The van der Waals surface area contributed by atoms with Gasteiger partial charge in [-0.25, -0.2) is 0 Å². The molecule has 0 aliphatic carbocycles. The van der Waals surface area contributed by atoms with Gasteiger partial charge in [0.25, 0.3) is 0 Å². The lowest BCUT2D eigenvalue weighted by Crippen LogP contribution is -2.45. The Morgan fingerprint density at radius 1 is 0.418 bits per heavy atom. The van der Waals surface area contributed by atoms with Crippen molar-refractivity contribution in [3.05, 3.63) is 24.3 Å². The van der Waals surface area contributed by atoms with Crippen molar-refractivity contribution in [1.82, 2.24) is 5.32 Å². The normalized spacial score (nSPS) is 13.0. The number of carbonyl (C=O) groups is 1. The minimum atomic E-state index is -0.858. The number of unbranched alkanes of at least 4 members (excludes halogenated alkanes) is 37. The fourth-order valence-electron chi connectivity index (χ4n) is 7.84. The molecular formula is C51H99NO3. The molecule has 3 N–H and O–H groups in total. The third-order valence-corrected chi connectivity index (χ3v) is 11.7. The van der Waals surface area contributed by atoms with Gasteiger partial charge in [-0.15, -0.1) is 0 Å². The number of carbonyl (C=O) groups excluding carboxylic acids is 1. The summed E-state index contributed by atoms with van der Waals surface area (Å²) in [5, 5.41) is 23.0. The molecule has 0 aliphatic heterocycles. The van der Waals surface area contributed by atoms with Crippen LogP contribution in [-0.4, -0.2) is 34.9 Å². The Morgan fingerprint density at radius 2 is 0.709 bits per heavy atom. The molecule has 0 saturated carbocycles. The van der Waals surface area contributed by atoms with Gasteiger partial charge in [-0.05, 0) is 32.1 Å². The Bertz CT molecular complexity index is 795. The summed E-state index contributed by atoms with van der Waals surface area (Å²) < 4.78 is 0. The number of amides is 1. The second-order valence-electron chi connectivity index (χ2n) is 17.2. The number of nitrogens with one attached hydrogen (secondary N) is 1. The minimum absolute atomic E-state index is 0.0718. The Balaban J connectivity index is 3.47. The zero-order valence-corrected chi connectivity index (χ0v) is 37.5. The number of rotatable bonds is 46. The van der Waals surface area contributed by atoms with E-state index in [1.165, 1.54) is 225 Å². The lowest BCUT2D eigenvalue weighted by molar-refractivity contribution is -0.123. The van der Waals surface area contributed by atoms with Crippen molar-refractivity contribution < 1.29 is 15.0 Å². The summed E-state index contributed by atoms with van der Waals surface area (Å²) in [6.07, 6.45) is 61.9. The van der Waals surface area contributed by atoms with Gasteiger partial charge in [-0.3, -0.25) is 4.79 Å². The summed E-state index contributed by atoms with van der Waals surface area (Å²) >= 11 is 0. The largest absolute Gasteiger partial charge is 0.394 e. The van der Waals surface area contributed by atoms with E-state index in [-0.39, 0.29) is 12.5 Å². The minimum Gasteiger partial charge on any atom is -0.394 e. The van der Waals surface area contributed by atoms with Crippen LogP contribution >= 0.6 is 0 Å². The van der Waals surface area contributed by atoms with Gasteiger partial charge in [-0.1, -0.05) is 263 Å². The average molecular weight is 774 g/mol. The SMILES string of the molecule is CCCCCCCCCCCCCCCCCCCCCCCCCCC/C=C/CC/C=C/C(O)C(CO)NC(=O)CCCCCCCCCCCCCC. The number of hydrogen-bond donors (Lipinski definition) is 3. The molecular weight excluding hydrogens is 675 g/mol. The van der Waals surface area contributed by atoms with Crippen LogP contribution in [0.4, 0.5) is 0 Å². The number of aliphatic hydroxyl groups is 2. The molecule has 4 nitrogen and oxygen atoms in total. The predicted octanol–water partition coefficient (Wildman–Crippen LogP) is 16.0. The molecule has 0 aromatic heterocycles. The molecule has 2 atom stereocenters. The first-order chi connectivity index (χ1) is 27.2. The third-order valence-electron chi connectivity index (χ3n) is 11.7. The number of allylic oxidation sites excluding steroid dienone is 3. The topological polar surface area (TPSA) is 69.6 Å². The third kappa shape index (κ3) is 43.8. The highest BCUT2D eigenvalue weighted by Gasteiger charge is 2.17. The van der Waals surface area contributed by atoms with Gasteiger partial charge in [0.15, 0.2) is 0 Å². The smallest absolute Gasteiger partial charge is 0.220 e. The Labute approximate surface area is 345 Å². The van der Waals surface area contributed by atoms with Crippen LogP contribution < -0.4 is 5.32 Å². The molecule has 326 valence electrons. The molecule has 0 heterocycles. The zero-order chi connectivity index (χ0) is 40.0. The Morgan fingerprint density at radius 3 is 1.05 bits per heavy atom. The highest BCUT2D eigenvalue weighted by molar-refractivity contribution is 5.76. The van der Waals surface area contributed by atoms with E-state index >= 15 is 0 Å². The van der Waals surface area contributed by atoms with Gasteiger partial charge in [0.1, 0.15) is 0 Å². The first kappa shape index (κ1) is 53.9. The molecule has 1 amide bonds. The standard InChI is InChI=1S/C51H99NO3/c1-3-5-7-9-11-13-15-17-18-19-20-21-22-23-24-25-26-27-28-29-30-31-32-33-34-35-36-38-40-42-44-46-50(54)49(48-53)52-51(55)47-45-43-41-39-37-16-14-12-10-8-6-4-2/h36,38,44,46,49-50,53-54H,3-35,37,39-43,45,47-48H2,1-2H3,(H,52,55)/b38-36+,46-44+. The van der Waals surface area contributed by atoms with Crippen LogP contribution in [0.15, 0.2) is 24.3 Å². The van der Waals surface area contributed by atoms with Gasteiger partial charge in [-0.2, -0.15) is 0 Å². The average Bonchev–Trinajstić information content (AvgIpc) is 3.19.